The minimum Gasteiger partial charge on any atom is -0.492 e. The number of carbonyl (C=O) groups excluding carboxylic acids is 1. The molecule has 1 aromatic carbocycles. The molecule has 1 saturated carbocycles. The summed E-state index contributed by atoms with van der Waals surface area (Å²) in [5.74, 6) is 1.51. The van der Waals surface area contributed by atoms with E-state index in [2.05, 4.69) is 47.2 Å². The molecule has 0 saturated heterocycles. The summed E-state index contributed by atoms with van der Waals surface area (Å²) < 4.78 is 6.75. The summed E-state index contributed by atoms with van der Waals surface area (Å²) in [6.07, 6.45) is 6.05. The molecule has 1 fully saturated rings. The predicted octanol–water partition coefficient (Wildman–Crippen LogP) is 4.79. The summed E-state index contributed by atoms with van der Waals surface area (Å²) in [7, 11) is 0. The molecule has 122 valence electrons. The summed E-state index contributed by atoms with van der Waals surface area (Å²) in [6.45, 7) is 4.91. The molecule has 0 aromatic heterocycles. The molecule has 1 aliphatic carbocycles. The predicted molar refractivity (Wildman–Crippen MR) is 93.4 cm³/mol. The molecule has 1 aliphatic rings. The monoisotopic (exact) mass is 367 g/mol. The van der Waals surface area contributed by atoms with E-state index in [0.717, 1.165) is 29.5 Å². The normalized spacial score (nSPS) is 15.3. The highest BCUT2D eigenvalue weighted by atomic mass is 79.9. The van der Waals surface area contributed by atoms with Crippen molar-refractivity contribution in [3.05, 3.63) is 28.2 Å². The van der Waals surface area contributed by atoms with Crippen molar-refractivity contribution in [1.29, 1.82) is 0 Å². The lowest BCUT2D eigenvalue weighted by Gasteiger charge is -2.13. The highest BCUT2D eigenvalue weighted by Crippen LogP contribution is 2.29. The van der Waals surface area contributed by atoms with Gasteiger partial charge in [0.05, 0.1) is 11.1 Å². The second-order valence-electron chi connectivity index (χ2n) is 6.35. The smallest absolute Gasteiger partial charge is 0.220 e. The maximum Gasteiger partial charge on any atom is 0.220 e. The van der Waals surface area contributed by atoms with Crippen LogP contribution < -0.4 is 10.1 Å². The Morgan fingerprint density at radius 2 is 2.09 bits per heavy atom. The number of amides is 1. The minimum atomic E-state index is 0.157. The lowest BCUT2D eigenvalue weighted by Crippen LogP contribution is -2.32. The van der Waals surface area contributed by atoms with Gasteiger partial charge in [0.2, 0.25) is 5.91 Å². The van der Waals surface area contributed by atoms with E-state index in [9.17, 15) is 4.79 Å². The zero-order valence-electron chi connectivity index (χ0n) is 13.5. The molecule has 0 radical (unpaired) electrons. The van der Waals surface area contributed by atoms with E-state index in [1.165, 1.54) is 18.4 Å². The van der Waals surface area contributed by atoms with Crippen molar-refractivity contribution < 1.29 is 9.53 Å². The van der Waals surface area contributed by atoms with Crippen molar-refractivity contribution in [1.82, 2.24) is 5.32 Å². The third-order valence-electron chi connectivity index (χ3n) is 4.15. The first-order valence-corrected chi connectivity index (χ1v) is 9.07. The minimum absolute atomic E-state index is 0.157. The van der Waals surface area contributed by atoms with Gasteiger partial charge in [-0.25, -0.2) is 0 Å². The molecule has 1 amide bonds. The van der Waals surface area contributed by atoms with Gasteiger partial charge in [-0.1, -0.05) is 32.8 Å². The third kappa shape index (κ3) is 5.31. The highest BCUT2D eigenvalue weighted by Gasteiger charge is 2.16. The van der Waals surface area contributed by atoms with Gasteiger partial charge < -0.3 is 10.1 Å². The summed E-state index contributed by atoms with van der Waals surface area (Å²) in [5, 5.41) is 3.11. The molecule has 0 heterocycles. The van der Waals surface area contributed by atoms with Crippen LogP contribution in [0.3, 0.4) is 0 Å². The van der Waals surface area contributed by atoms with Crippen LogP contribution in [0.4, 0.5) is 0 Å². The average molecular weight is 368 g/mol. The van der Waals surface area contributed by atoms with Gasteiger partial charge in [0, 0.05) is 12.5 Å². The number of ether oxygens (including phenoxy) is 1. The van der Waals surface area contributed by atoms with Crippen LogP contribution in [0.5, 0.6) is 5.75 Å². The van der Waals surface area contributed by atoms with Crippen LogP contribution in [0.15, 0.2) is 22.7 Å². The van der Waals surface area contributed by atoms with Gasteiger partial charge in [0.25, 0.3) is 0 Å². The number of carbonyl (C=O) groups is 1. The van der Waals surface area contributed by atoms with Crippen LogP contribution in [-0.4, -0.2) is 18.6 Å². The van der Waals surface area contributed by atoms with Gasteiger partial charge in [-0.15, -0.1) is 0 Å². The first-order valence-electron chi connectivity index (χ1n) is 8.28. The molecule has 1 aromatic rings. The molecule has 2 rings (SSSR count). The van der Waals surface area contributed by atoms with Crippen molar-refractivity contribution >= 4 is 21.8 Å². The van der Waals surface area contributed by atoms with Gasteiger partial charge in [-0.3, -0.25) is 4.79 Å². The van der Waals surface area contributed by atoms with Crippen LogP contribution in [0.25, 0.3) is 0 Å². The maximum atomic E-state index is 11.8. The van der Waals surface area contributed by atoms with Gasteiger partial charge in [-0.2, -0.15) is 0 Å². The van der Waals surface area contributed by atoms with E-state index in [4.69, 9.17) is 4.74 Å². The van der Waals surface area contributed by atoms with Gasteiger partial charge in [0.1, 0.15) is 5.75 Å². The number of halogens is 1. The Hall–Kier alpha value is -1.03. The molecule has 0 atom stereocenters. The second-order valence-corrected chi connectivity index (χ2v) is 7.20. The van der Waals surface area contributed by atoms with Gasteiger partial charge >= 0.3 is 0 Å². The lowest BCUT2D eigenvalue weighted by atomic mass is 10.0. The summed E-state index contributed by atoms with van der Waals surface area (Å²) in [6, 6.07) is 6.61. The molecule has 0 aliphatic heterocycles. The van der Waals surface area contributed by atoms with Crippen LogP contribution in [0.1, 0.15) is 63.9 Å². The van der Waals surface area contributed by atoms with Crippen LogP contribution in [-0.2, 0) is 4.79 Å². The Morgan fingerprint density at radius 1 is 1.36 bits per heavy atom. The number of benzene rings is 1. The molecule has 0 bridgehead atoms. The number of hydrogen-bond donors (Lipinski definition) is 1. The van der Waals surface area contributed by atoms with Crippen LogP contribution in [0, 0.1) is 0 Å². The van der Waals surface area contributed by atoms with Crippen molar-refractivity contribution in [3.8, 4) is 5.75 Å². The zero-order chi connectivity index (χ0) is 15.9. The Balaban J connectivity index is 1.68. The van der Waals surface area contributed by atoms with E-state index in [0.29, 0.717) is 25.0 Å². The first-order chi connectivity index (χ1) is 10.6. The van der Waals surface area contributed by atoms with Crippen LogP contribution >= 0.6 is 15.9 Å². The fraction of sp³-hybridized carbons (Fsp3) is 0.611. The first kappa shape index (κ1) is 17.3. The van der Waals surface area contributed by atoms with Crippen molar-refractivity contribution in [2.24, 2.45) is 0 Å². The molecule has 3 nitrogen and oxygen atoms in total. The summed E-state index contributed by atoms with van der Waals surface area (Å²) in [5.41, 5.74) is 1.29. The van der Waals surface area contributed by atoms with Crippen LogP contribution in [0.2, 0.25) is 0 Å². The standard InChI is InChI=1S/C18H26BrNO2/c1-13(2)14-9-10-17(16(19)12-14)22-11-5-8-18(21)20-15-6-3-4-7-15/h9-10,12-13,15H,3-8,11H2,1-2H3,(H,20,21). The molecular weight excluding hydrogens is 342 g/mol. The molecule has 22 heavy (non-hydrogen) atoms. The van der Waals surface area contributed by atoms with Gasteiger partial charge in [0.15, 0.2) is 0 Å². The van der Waals surface area contributed by atoms with Gasteiger partial charge in [-0.05, 0) is 58.8 Å². The SMILES string of the molecule is CC(C)c1ccc(OCCCC(=O)NC2CCCC2)c(Br)c1. The largest absolute Gasteiger partial charge is 0.492 e. The molecule has 0 spiro atoms. The van der Waals surface area contributed by atoms with E-state index < -0.39 is 0 Å². The Labute approximate surface area is 141 Å². The third-order valence-corrected chi connectivity index (χ3v) is 4.77. The van der Waals surface area contributed by atoms with E-state index in [-0.39, 0.29) is 5.91 Å². The number of rotatable bonds is 7. The van der Waals surface area contributed by atoms with Crippen molar-refractivity contribution in [2.75, 3.05) is 6.61 Å². The van der Waals surface area contributed by atoms with Crippen molar-refractivity contribution in [2.45, 2.75) is 64.3 Å². The van der Waals surface area contributed by atoms with E-state index in [1.807, 2.05) is 6.07 Å². The molecular formula is C18H26BrNO2. The number of hydrogen-bond acceptors (Lipinski definition) is 2. The number of nitrogens with one attached hydrogen (secondary N) is 1. The average Bonchev–Trinajstić information content (AvgIpc) is 2.97. The molecule has 0 unspecified atom stereocenters. The zero-order valence-corrected chi connectivity index (χ0v) is 15.1. The Kier molecular flexibility index (Phi) is 6.74. The van der Waals surface area contributed by atoms with E-state index in [1.54, 1.807) is 0 Å². The molecule has 4 heteroatoms. The fourth-order valence-corrected chi connectivity index (χ4v) is 3.29. The topological polar surface area (TPSA) is 38.3 Å². The maximum absolute atomic E-state index is 11.8. The second kappa shape index (κ2) is 8.56. The van der Waals surface area contributed by atoms with E-state index >= 15 is 0 Å². The molecule has 1 N–H and O–H groups in total. The highest BCUT2D eigenvalue weighted by molar-refractivity contribution is 9.10. The Morgan fingerprint density at radius 3 is 2.73 bits per heavy atom. The quantitative estimate of drug-likeness (QED) is 0.703. The Bertz CT molecular complexity index is 496. The lowest BCUT2D eigenvalue weighted by molar-refractivity contribution is -0.122. The summed E-state index contributed by atoms with van der Waals surface area (Å²) in [4.78, 5) is 11.8. The fourth-order valence-electron chi connectivity index (χ4n) is 2.78. The summed E-state index contributed by atoms with van der Waals surface area (Å²) >= 11 is 3.55. The van der Waals surface area contributed by atoms with Crippen molar-refractivity contribution in [3.63, 3.8) is 0 Å².